The number of aryl methyl sites for hydroxylation is 2. The van der Waals surface area contributed by atoms with Crippen molar-refractivity contribution in [1.29, 1.82) is 0 Å². The predicted octanol–water partition coefficient (Wildman–Crippen LogP) is 3.54. The standard InChI is InChI=1S/C21H32N6.ClH/c1-16-19-20(22-12-8-14-26(4)15-9-13-25(2)3)17-10-6-7-11-18(17)23-21(19)27(5)24-16;/h6-7,10-11H,8-9,12-15H2,1-5H3,(H,22,23);1H. The number of rotatable bonds is 9. The fourth-order valence-corrected chi connectivity index (χ4v) is 3.61. The Morgan fingerprint density at radius 1 is 1.04 bits per heavy atom. The molecule has 6 nitrogen and oxygen atoms in total. The van der Waals surface area contributed by atoms with Gasteiger partial charge in [-0.25, -0.2) is 4.98 Å². The van der Waals surface area contributed by atoms with Crippen molar-refractivity contribution >= 4 is 40.0 Å². The summed E-state index contributed by atoms with van der Waals surface area (Å²) in [6.07, 6.45) is 2.32. The van der Waals surface area contributed by atoms with E-state index in [0.29, 0.717) is 0 Å². The third-order valence-electron chi connectivity index (χ3n) is 5.01. The Hall–Kier alpha value is -1.89. The van der Waals surface area contributed by atoms with Gasteiger partial charge in [-0.05, 0) is 66.6 Å². The molecule has 0 aliphatic heterocycles. The Bertz CT molecular complexity index is 905. The number of halogens is 1. The van der Waals surface area contributed by atoms with Crippen molar-refractivity contribution in [2.45, 2.75) is 19.8 Å². The third kappa shape index (κ3) is 5.13. The van der Waals surface area contributed by atoms with E-state index in [2.05, 4.69) is 66.5 Å². The zero-order valence-corrected chi connectivity index (χ0v) is 18.5. The number of fused-ring (bicyclic) bond motifs is 2. The summed E-state index contributed by atoms with van der Waals surface area (Å²) in [5, 5.41) is 10.6. The number of anilines is 1. The lowest BCUT2D eigenvalue weighted by atomic mass is 10.1. The fraction of sp³-hybridized carbons (Fsp3) is 0.524. The van der Waals surface area contributed by atoms with Gasteiger partial charge in [0.1, 0.15) is 0 Å². The summed E-state index contributed by atoms with van der Waals surface area (Å²) in [6.45, 7) is 6.38. The van der Waals surface area contributed by atoms with E-state index in [-0.39, 0.29) is 12.4 Å². The van der Waals surface area contributed by atoms with Gasteiger partial charge in [0.15, 0.2) is 5.65 Å². The molecular weight excluding hydrogens is 372 g/mol. The zero-order chi connectivity index (χ0) is 19.4. The minimum atomic E-state index is 0. The van der Waals surface area contributed by atoms with E-state index >= 15 is 0 Å². The molecule has 0 atom stereocenters. The molecule has 0 aliphatic carbocycles. The van der Waals surface area contributed by atoms with E-state index in [1.54, 1.807) is 0 Å². The van der Waals surface area contributed by atoms with Crippen LogP contribution in [0.5, 0.6) is 0 Å². The quantitative estimate of drug-likeness (QED) is 0.553. The Morgan fingerprint density at radius 2 is 1.75 bits per heavy atom. The SMILES string of the molecule is Cc1nn(C)c2nc3ccccc3c(NCCCN(C)CCCN(C)C)c12.Cl. The molecular formula is C21H33ClN6. The lowest BCUT2D eigenvalue weighted by Gasteiger charge is -2.18. The monoisotopic (exact) mass is 404 g/mol. The molecule has 3 aromatic rings. The fourth-order valence-electron chi connectivity index (χ4n) is 3.61. The highest BCUT2D eigenvalue weighted by molar-refractivity contribution is 6.07. The molecule has 2 heterocycles. The van der Waals surface area contributed by atoms with Crippen LogP contribution in [-0.2, 0) is 7.05 Å². The van der Waals surface area contributed by atoms with Crippen molar-refractivity contribution in [1.82, 2.24) is 24.6 Å². The molecule has 0 saturated heterocycles. The third-order valence-corrected chi connectivity index (χ3v) is 5.01. The average Bonchev–Trinajstić information content (AvgIpc) is 2.91. The minimum Gasteiger partial charge on any atom is -0.384 e. The molecule has 3 rings (SSSR count). The van der Waals surface area contributed by atoms with Crippen LogP contribution in [0, 0.1) is 6.92 Å². The highest BCUT2D eigenvalue weighted by Gasteiger charge is 2.15. The van der Waals surface area contributed by atoms with Gasteiger partial charge in [0.25, 0.3) is 0 Å². The highest BCUT2D eigenvalue weighted by atomic mass is 35.5. The van der Waals surface area contributed by atoms with Gasteiger partial charge in [-0.2, -0.15) is 5.10 Å². The maximum atomic E-state index is 4.81. The molecule has 0 aliphatic rings. The number of nitrogens with one attached hydrogen (secondary N) is 1. The van der Waals surface area contributed by atoms with Crippen molar-refractivity contribution in [2.75, 3.05) is 52.6 Å². The first-order chi connectivity index (χ1) is 13.0. The zero-order valence-electron chi connectivity index (χ0n) is 17.7. The molecule has 1 N–H and O–H groups in total. The molecule has 2 aromatic heterocycles. The van der Waals surface area contributed by atoms with Gasteiger partial charge in [-0.15, -0.1) is 12.4 Å². The topological polar surface area (TPSA) is 49.2 Å². The molecule has 28 heavy (non-hydrogen) atoms. The van der Waals surface area contributed by atoms with Gasteiger partial charge in [0, 0.05) is 19.0 Å². The summed E-state index contributed by atoms with van der Waals surface area (Å²) < 4.78 is 1.88. The molecule has 1 aromatic carbocycles. The van der Waals surface area contributed by atoms with Crippen LogP contribution in [0.2, 0.25) is 0 Å². The van der Waals surface area contributed by atoms with Gasteiger partial charge in [0.2, 0.25) is 0 Å². The van der Waals surface area contributed by atoms with Gasteiger partial charge in [0.05, 0.1) is 22.3 Å². The van der Waals surface area contributed by atoms with Crippen LogP contribution in [0.25, 0.3) is 21.9 Å². The number of hydrogen-bond acceptors (Lipinski definition) is 5. The molecule has 0 radical (unpaired) electrons. The van der Waals surface area contributed by atoms with Crippen molar-refractivity contribution < 1.29 is 0 Å². The molecule has 0 bridgehead atoms. The van der Waals surface area contributed by atoms with Crippen LogP contribution in [0.4, 0.5) is 5.69 Å². The molecule has 7 heteroatoms. The van der Waals surface area contributed by atoms with Crippen LogP contribution in [-0.4, -0.2) is 71.9 Å². The van der Waals surface area contributed by atoms with Gasteiger partial charge in [-0.3, -0.25) is 4.68 Å². The summed E-state index contributed by atoms with van der Waals surface area (Å²) in [6, 6.07) is 8.33. The Morgan fingerprint density at radius 3 is 2.50 bits per heavy atom. The molecule has 154 valence electrons. The summed E-state index contributed by atoms with van der Waals surface area (Å²) in [5.74, 6) is 0. The van der Waals surface area contributed by atoms with Crippen LogP contribution < -0.4 is 5.32 Å². The lowest BCUT2D eigenvalue weighted by Crippen LogP contribution is -2.25. The highest BCUT2D eigenvalue weighted by Crippen LogP contribution is 2.32. The van der Waals surface area contributed by atoms with Crippen molar-refractivity contribution in [3.8, 4) is 0 Å². The first kappa shape index (κ1) is 22.4. The van der Waals surface area contributed by atoms with E-state index in [1.807, 2.05) is 17.8 Å². The van der Waals surface area contributed by atoms with Crippen molar-refractivity contribution in [3.63, 3.8) is 0 Å². The molecule has 0 saturated carbocycles. The van der Waals surface area contributed by atoms with E-state index in [1.165, 1.54) is 11.8 Å². The van der Waals surface area contributed by atoms with Crippen LogP contribution in [0.3, 0.4) is 0 Å². The average molecular weight is 405 g/mol. The Balaban J connectivity index is 0.00000280. The second-order valence-electron chi connectivity index (χ2n) is 7.65. The summed E-state index contributed by atoms with van der Waals surface area (Å²) >= 11 is 0. The molecule has 0 unspecified atom stereocenters. The number of nitrogens with zero attached hydrogens (tertiary/aromatic N) is 5. The molecule has 0 spiro atoms. The van der Waals surface area contributed by atoms with Gasteiger partial charge >= 0.3 is 0 Å². The van der Waals surface area contributed by atoms with E-state index < -0.39 is 0 Å². The first-order valence-electron chi connectivity index (χ1n) is 9.76. The number of para-hydroxylation sites is 1. The summed E-state index contributed by atoms with van der Waals surface area (Å²) in [7, 11) is 8.43. The summed E-state index contributed by atoms with van der Waals surface area (Å²) in [5.41, 5.74) is 4.14. The second-order valence-corrected chi connectivity index (χ2v) is 7.65. The van der Waals surface area contributed by atoms with Gasteiger partial charge < -0.3 is 15.1 Å². The Kier molecular flexibility index (Phi) is 8.04. The molecule has 0 amide bonds. The number of benzene rings is 1. The number of aromatic nitrogens is 3. The van der Waals surface area contributed by atoms with Gasteiger partial charge in [-0.1, -0.05) is 18.2 Å². The van der Waals surface area contributed by atoms with Crippen molar-refractivity contribution in [2.24, 2.45) is 7.05 Å². The van der Waals surface area contributed by atoms with Crippen LogP contribution in [0.15, 0.2) is 24.3 Å². The molecule has 0 fully saturated rings. The number of hydrogen-bond donors (Lipinski definition) is 1. The predicted molar refractivity (Wildman–Crippen MR) is 122 cm³/mol. The van der Waals surface area contributed by atoms with E-state index in [0.717, 1.165) is 60.5 Å². The maximum absolute atomic E-state index is 4.81. The minimum absolute atomic E-state index is 0. The second kappa shape index (κ2) is 10.0. The van der Waals surface area contributed by atoms with Crippen LogP contribution in [0.1, 0.15) is 18.5 Å². The van der Waals surface area contributed by atoms with E-state index in [9.17, 15) is 0 Å². The Labute approximate surface area is 174 Å². The smallest absolute Gasteiger partial charge is 0.160 e. The number of pyridine rings is 1. The largest absolute Gasteiger partial charge is 0.384 e. The lowest BCUT2D eigenvalue weighted by molar-refractivity contribution is 0.300. The van der Waals surface area contributed by atoms with Crippen molar-refractivity contribution in [3.05, 3.63) is 30.0 Å². The maximum Gasteiger partial charge on any atom is 0.160 e. The normalized spacial score (nSPS) is 11.5. The summed E-state index contributed by atoms with van der Waals surface area (Å²) in [4.78, 5) is 9.47. The first-order valence-corrected chi connectivity index (χ1v) is 9.76. The van der Waals surface area contributed by atoms with Crippen LogP contribution >= 0.6 is 12.4 Å². The van der Waals surface area contributed by atoms with E-state index in [4.69, 9.17) is 4.98 Å².